The van der Waals surface area contributed by atoms with E-state index < -0.39 is 41.4 Å². The van der Waals surface area contributed by atoms with Crippen LogP contribution in [-0.4, -0.2) is 41.5 Å². The fourth-order valence-electron chi connectivity index (χ4n) is 3.39. The van der Waals surface area contributed by atoms with Gasteiger partial charge in [-0.2, -0.15) is 5.10 Å². The lowest BCUT2D eigenvalue weighted by atomic mass is 9.97. The molecule has 0 radical (unpaired) electrons. The van der Waals surface area contributed by atoms with Crippen LogP contribution < -0.4 is 10.6 Å². The lowest BCUT2D eigenvalue weighted by Crippen LogP contribution is -2.48. The maximum Gasteiger partial charge on any atom is 0.269 e. The molecule has 1 aliphatic heterocycles. The lowest BCUT2D eigenvalue weighted by Gasteiger charge is -2.23. The van der Waals surface area contributed by atoms with Crippen LogP contribution in [0.4, 0.5) is 8.78 Å². The van der Waals surface area contributed by atoms with Crippen LogP contribution in [0.5, 0.6) is 0 Å². The molecule has 0 saturated heterocycles. The molecule has 1 aliphatic rings. The molecular formula is C22H22F2N4O3. The summed E-state index contributed by atoms with van der Waals surface area (Å²) in [6.07, 6.45) is -0.298. The molecule has 0 aromatic heterocycles. The van der Waals surface area contributed by atoms with Crippen molar-refractivity contribution >= 4 is 23.4 Å². The van der Waals surface area contributed by atoms with E-state index in [9.17, 15) is 23.2 Å². The van der Waals surface area contributed by atoms with E-state index in [1.807, 2.05) is 12.1 Å². The molecule has 2 atom stereocenters. The number of amides is 3. The number of nitrogens with zero attached hydrogens (tertiary/aromatic N) is 2. The molecule has 1 unspecified atom stereocenters. The average Bonchev–Trinajstić information content (AvgIpc) is 2.77. The summed E-state index contributed by atoms with van der Waals surface area (Å²) in [5, 5.41) is 10.5. The van der Waals surface area contributed by atoms with Gasteiger partial charge < -0.3 is 10.6 Å². The summed E-state index contributed by atoms with van der Waals surface area (Å²) in [4.78, 5) is 37.7. The Bertz CT molecular complexity index is 1050. The van der Waals surface area contributed by atoms with Gasteiger partial charge in [0.2, 0.25) is 11.8 Å². The van der Waals surface area contributed by atoms with E-state index in [1.54, 1.807) is 19.1 Å². The Kier molecular flexibility index (Phi) is 6.43. The van der Waals surface area contributed by atoms with Crippen molar-refractivity contribution in [2.45, 2.75) is 32.4 Å². The van der Waals surface area contributed by atoms with Gasteiger partial charge in [-0.25, -0.2) is 13.8 Å². The van der Waals surface area contributed by atoms with E-state index in [2.05, 4.69) is 15.7 Å². The first-order valence-corrected chi connectivity index (χ1v) is 9.62. The fourth-order valence-corrected chi connectivity index (χ4v) is 3.39. The Morgan fingerprint density at radius 3 is 2.48 bits per heavy atom. The van der Waals surface area contributed by atoms with Gasteiger partial charge in [0.05, 0.1) is 12.1 Å². The minimum atomic E-state index is -0.985. The summed E-state index contributed by atoms with van der Waals surface area (Å²) < 4.78 is 26.6. The number of hydrogen-bond donors (Lipinski definition) is 2. The molecule has 2 aromatic carbocycles. The minimum Gasteiger partial charge on any atom is -0.344 e. The summed E-state index contributed by atoms with van der Waals surface area (Å²) in [5.41, 5.74) is 2.10. The summed E-state index contributed by atoms with van der Waals surface area (Å²) >= 11 is 0. The number of carbonyl (C=O) groups is 3. The van der Waals surface area contributed by atoms with Gasteiger partial charge in [-0.3, -0.25) is 14.4 Å². The van der Waals surface area contributed by atoms with E-state index in [4.69, 9.17) is 0 Å². The van der Waals surface area contributed by atoms with E-state index >= 15 is 0 Å². The smallest absolute Gasteiger partial charge is 0.269 e. The summed E-state index contributed by atoms with van der Waals surface area (Å²) in [5.74, 6) is -3.18. The Morgan fingerprint density at radius 2 is 1.81 bits per heavy atom. The number of hydrazone groups is 1. The van der Waals surface area contributed by atoms with Gasteiger partial charge in [0.15, 0.2) is 0 Å². The quantitative estimate of drug-likeness (QED) is 0.764. The van der Waals surface area contributed by atoms with Crippen molar-refractivity contribution in [3.63, 3.8) is 0 Å². The van der Waals surface area contributed by atoms with E-state index in [-0.39, 0.29) is 12.0 Å². The number of fused-ring (bicyclic) bond motifs is 1. The molecule has 0 aliphatic carbocycles. The number of likely N-dealkylation sites (N-methyl/N-ethyl adjacent to an activating group) is 1. The maximum atomic E-state index is 13.3. The number of halogens is 2. The van der Waals surface area contributed by atoms with Gasteiger partial charge in [0.25, 0.3) is 5.91 Å². The fraction of sp³-hybridized carbons (Fsp3) is 0.273. The Morgan fingerprint density at radius 1 is 1.16 bits per heavy atom. The molecule has 0 fully saturated rings. The summed E-state index contributed by atoms with van der Waals surface area (Å²) in [6.45, 7) is 3.23. The third kappa shape index (κ3) is 5.11. The van der Waals surface area contributed by atoms with Crippen LogP contribution in [-0.2, 0) is 20.8 Å². The predicted molar refractivity (Wildman–Crippen MR) is 110 cm³/mol. The zero-order chi connectivity index (χ0) is 22.7. The van der Waals surface area contributed by atoms with Crippen molar-refractivity contribution in [2.75, 3.05) is 7.05 Å². The molecule has 0 saturated carbocycles. The molecule has 2 aromatic rings. The second-order valence-corrected chi connectivity index (χ2v) is 7.32. The second kappa shape index (κ2) is 9.03. The first-order valence-electron chi connectivity index (χ1n) is 9.62. The zero-order valence-electron chi connectivity index (χ0n) is 17.3. The minimum absolute atomic E-state index is 0.143. The van der Waals surface area contributed by atoms with Gasteiger partial charge in [-0.05, 0) is 37.1 Å². The van der Waals surface area contributed by atoms with Crippen molar-refractivity contribution in [3.8, 4) is 0 Å². The zero-order valence-corrected chi connectivity index (χ0v) is 17.3. The molecule has 31 heavy (non-hydrogen) atoms. The standard InChI is InChI=1S/C22H22F2N4O3/c1-12-17-6-4-5-7-18(17)20(22(31)28(3)27-12)26-21(30)13(2)25-19(29)10-14-8-15(23)11-16(24)9-14/h4-9,11,13,20H,10H2,1-3H3,(H,25,29)(H,26,30)/t13-,20?/m0/s1. The van der Waals surface area contributed by atoms with Crippen LogP contribution in [0.25, 0.3) is 0 Å². The summed E-state index contributed by atoms with van der Waals surface area (Å²) in [7, 11) is 1.50. The Hall–Kier alpha value is -3.62. The molecule has 2 N–H and O–H groups in total. The highest BCUT2D eigenvalue weighted by Crippen LogP contribution is 2.24. The van der Waals surface area contributed by atoms with Gasteiger partial charge >= 0.3 is 0 Å². The van der Waals surface area contributed by atoms with Crippen LogP contribution in [0.2, 0.25) is 0 Å². The molecule has 162 valence electrons. The molecular weight excluding hydrogens is 406 g/mol. The Labute approximate surface area is 178 Å². The first kappa shape index (κ1) is 22.1. The van der Waals surface area contributed by atoms with Gasteiger partial charge in [0, 0.05) is 18.7 Å². The van der Waals surface area contributed by atoms with Crippen molar-refractivity contribution < 1.29 is 23.2 Å². The molecule has 3 amide bonds. The molecule has 9 heteroatoms. The van der Waals surface area contributed by atoms with Crippen molar-refractivity contribution in [3.05, 3.63) is 70.8 Å². The number of hydrogen-bond acceptors (Lipinski definition) is 4. The highest BCUT2D eigenvalue weighted by molar-refractivity contribution is 6.04. The molecule has 7 nitrogen and oxygen atoms in total. The van der Waals surface area contributed by atoms with Crippen LogP contribution >= 0.6 is 0 Å². The van der Waals surface area contributed by atoms with Crippen LogP contribution in [0.15, 0.2) is 47.6 Å². The third-order valence-corrected chi connectivity index (χ3v) is 4.87. The SMILES string of the molecule is CC1=NN(C)C(=O)C(NC(=O)[C@H](C)NC(=O)Cc2cc(F)cc(F)c2)c2ccccc21. The molecule has 3 rings (SSSR count). The number of nitrogens with one attached hydrogen (secondary N) is 2. The second-order valence-electron chi connectivity index (χ2n) is 7.32. The van der Waals surface area contributed by atoms with Crippen molar-refractivity contribution in [2.24, 2.45) is 5.10 Å². The maximum absolute atomic E-state index is 13.3. The largest absolute Gasteiger partial charge is 0.344 e. The van der Waals surface area contributed by atoms with Gasteiger partial charge in [-0.15, -0.1) is 0 Å². The molecule has 0 bridgehead atoms. The topological polar surface area (TPSA) is 90.9 Å². The Balaban J connectivity index is 1.70. The highest BCUT2D eigenvalue weighted by atomic mass is 19.1. The van der Waals surface area contributed by atoms with E-state index in [1.165, 1.54) is 19.0 Å². The van der Waals surface area contributed by atoms with Crippen molar-refractivity contribution in [1.29, 1.82) is 0 Å². The number of benzene rings is 2. The first-order chi connectivity index (χ1) is 14.7. The lowest BCUT2D eigenvalue weighted by molar-refractivity contribution is -0.136. The summed E-state index contributed by atoms with van der Waals surface area (Å²) in [6, 6.07) is 7.95. The van der Waals surface area contributed by atoms with Crippen LogP contribution in [0, 0.1) is 11.6 Å². The number of rotatable bonds is 5. The van der Waals surface area contributed by atoms with Crippen LogP contribution in [0.1, 0.15) is 36.6 Å². The van der Waals surface area contributed by atoms with E-state index in [0.717, 1.165) is 17.7 Å². The van der Waals surface area contributed by atoms with E-state index in [0.29, 0.717) is 17.3 Å². The van der Waals surface area contributed by atoms with Crippen molar-refractivity contribution in [1.82, 2.24) is 15.6 Å². The molecule has 1 heterocycles. The normalized spacial score (nSPS) is 16.7. The van der Waals surface area contributed by atoms with Gasteiger partial charge in [0.1, 0.15) is 23.7 Å². The predicted octanol–water partition coefficient (Wildman–Crippen LogP) is 2.07. The molecule has 0 spiro atoms. The monoisotopic (exact) mass is 428 g/mol. The average molecular weight is 428 g/mol. The van der Waals surface area contributed by atoms with Crippen LogP contribution in [0.3, 0.4) is 0 Å². The highest BCUT2D eigenvalue weighted by Gasteiger charge is 2.32. The third-order valence-electron chi connectivity index (χ3n) is 4.87. The van der Waals surface area contributed by atoms with Gasteiger partial charge in [-0.1, -0.05) is 24.3 Å². The number of carbonyl (C=O) groups excluding carboxylic acids is 3.